The molecule has 1 rings (SSSR count). The van der Waals surface area contributed by atoms with E-state index in [2.05, 4.69) is 5.32 Å². The van der Waals surface area contributed by atoms with Crippen molar-refractivity contribution < 1.29 is 30.0 Å². The third-order valence-electron chi connectivity index (χ3n) is 2.54. The van der Waals surface area contributed by atoms with E-state index in [1.165, 1.54) is 6.92 Å². The number of rotatable bonds is 2. The van der Waals surface area contributed by atoms with Crippen molar-refractivity contribution in [3.05, 3.63) is 0 Å². The summed E-state index contributed by atoms with van der Waals surface area (Å²) in [7, 11) is 1.00. The van der Waals surface area contributed by atoms with Crippen LogP contribution in [0.25, 0.3) is 0 Å². The van der Waals surface area contributed by atoms with Gasteiger partial charge in [0.05, 0.1) is 18.8 Å². The van der Waals surface area contributed by atoms with E-state index < -0.39 is 30.5 Å². The largest absolute Gasteiger partial charge is 0.400 e. The molecule has 5 atom stereocenters. The average Bonchev–Trinajstić information content (AvgIpc) is 2.31. The highest BCUT2D eigenvalue weighted by atomic mass is 16.5. The molecule has 1 fully saturated rings. The lowest BCUT2D eigenvalue weighted by Gasteiger charge is -2.41. The van der Waals surface area contributed by atoms with Crippen molar-refractivity contribution in [1.82, 2.24) is 5.32 Å². The second-order valence-corrected chi connectivity index (χ2v) is 3.77. The van der Waals surface area contributed by atoms with Gasteiger partial charge in [-0.15, -0.1) is 0 Å². The summed E-state index contributed by atoms with van der Waals surface area (Å²) >= 11 is 0. The van der Waals surface area contributed by atoms with E-state index in [0.717, 1.165) is 7.11 Å². The van der Waals surface area contributed by atoms with Crippen LogP contribution in [-0.4, -0.2) is 70.5 Å². The molecule has 0 radical (unpaired) electrons. The van der Waals surface area contributed by atoms with Crippen LogP contribution >= 0.6 is 0 Å². The Labute approximate surface area is 100 Å². The summed E-state index contributed by atoms with van der Waals surface area (Å²) in [5, 5.41) is 37.6. The lowest BCUT2D eigenvalue weighted by molar-refractivity contribution is -0.190. The molecule has 0 aromatic carbocycles. The third kappa shape index (κ3) is 4.21. The normalized spacial score (nSPS) is 36.8. The fourth-order valence-electron chi connectivity index (χ4n) is 1.74. The van der Waals surface area contributed by atoms with Crippen LogP contribution in [0.5, 0.6) is 0 Å². The summed E-state index contributed by atoms with van der Waals surface area (Å²) in [6.45, 7) is 2.62. The van der Waals surface area contributed by atoms with Crippen molar-refractivity contribution in [3.8, 4) is 0 Å². The maximum absolute atomic E-state index is 10.9. The predicted molar refractivity (Wildman–Crippen MR) is 59.2 cm³/mol. The minimum absolute atomic E-state index is 0.302. The Morgan fingerprint density at radius 1 is 1.29 bits per heavy atom. The first-order chi connectivity index (χ1) is 7.97. The molecular formula is C10H21NO6. The molecule has 0 aliphatic carbocycles. The maximum atomic E-state index is 10.9. The van der Waals surface area contributed by atoms with Gasteiger partial charge in [-0.3, -0.25) is 4.79 Å². The molecule has 17 heavy (non-hydrogen) atoms. The summed E-state index contributed by atoms with van der Waals surface area (Å²) in [6, 6.07) is -0.653. The summed E-state index contributed by atoms with van der Waals surface area (Å²) in [6.07, 6.45) is -3.58. The van der Waals surface area contributed by atoms with Crippen molar-refractivity contribution in [1.29, 1.82) is 0 Å². The fraction of sp³-hybridized carbons (Fsp3) is 0.900. The highest BCUT2D eigenvalue weighted by molar-refractivity contribution is 5.73. The molecule has 0 saturated carbocycles. The van der Waals surface area contributed by atoms with Gasteiger partial charge >= 0.3 is 0 Å². The van der Waals surface area contributed by atoms with E-state index in [4.69, 9.17) is 14.9 Å². The predicted octanol–water partition coefficient (Wildman–Crippen LogP) is -2.40. The molecule has 1 unspecified atom stereocenters. The van der Waals surface area contributed by atoms with Crippen LogP contribution in [0, 0.1) is 0 Å². The van der Waals surface area contributed by atoms with Gasteiger partial charge in [0.15, 0.2) is 0 Å². The Morgan fingerprint density at radius 3 is 2.24 bits per heavy atom. The van der Waals surface area contributed by atoms with E-state index in [9.17, 15) is 15.0 Å². The van der Waals surface area contributed by atoms with E-state index >= 15 is 0 Å². The SMILES string of the molecule is CC(=O)N[C@H]1C(C)O[C@H](CO)[C@H](O)[C@@H]1O.CO. The molecule has 1 amide bonds. The summed E-state index contributed by atoms with van der Waals surface area (Å²) < 4.78 is 5.26. The third-order valence-corrected chi connectivity index (χ3v) is 2.54. The first-order valence-corrected chi connectivity index (χ1v) is 5.31. The molecule has 0 spiro atoms. The minimum atomic E-state index is -1.19. The summed E-state index contributed by atoms with van der Waals surface area (Å²) in [5.41, 5.74) is 0. The number of aliphatic hydroxyl groups excluding tert-OH is 4. The molecule has 1 aliphatic rings. The molecule has 102 valence electrons. The highest BCUT2D eigenvalue weighted by Gasteiger charge is 2.42. The van der Waals surface area contributed by atoms with Crippen molar-refractivity contribution in [2.45, 2.75) is 44.3 Å². The van der Waals surface area contributed by atoms with Gasteiger partial charge < -0.3 is 30.5 Å². The van der Waals surface area contributed by atoms with Crippen molar-refractivity contribution in [2.24, 2.45) is 0 Å². The molecule has 1 saturated heterocycles. The van der Waals surface area contributed by atoms with Gasteiger partial charge in [-0.05, 0) is 6.92 Å². The Kier molecular flexibility index (Phi) is 7.24. The smallest absolute Gasteiger partial charge is 0.217 e. The van der Waals surface area contributed by atoms with Gasteiger partial charge in [0.25, 0.3) is 0 Å². The number of ether oxygens (including phenoxy) is 1. The number of hydrogen-bond acceptors (Lipinski definition) is 6. The quantitative estimate of drug-likeness (QED) is 0.373. The van der Waals surface area contributed by atoms with E-state index in [1.807, 2.05) is 0 Å². The average molecular weight is 251 g/mol. The number of aliphatic hydroxyl groups is 4. The van der Waals surface area contributed by atoms with Crippen molar-refractivity contribution in [2.75, 3.05) is 13.7 Å². The monoisotopic (exact) mass is 251 g/mol. The zero-order valence-electron chi connectivity index (χ0n) is 10.2. The molecule has 1 heterocycles. The molecule has 7 heteroatoms. The van der Waals surface area contributed by atoms with Gasteiger partial charge in [-0.2, -0.15) is 0 Å². The minimum Gasteiger partial charge on any atom is -0.400 e. The molecule has 0 bridgehead atoms. The zero-order chi connectivity index (χ0) is 13.6. The van der Waals surface area contributed by atoms with Crippen LogP contribution in [0.2, 0.25) is 0 Å². The summed E-state index contributed by atoms with van der Waals surface area (Å²) in [5.74, 6) is -0.302. The molecule has 1 aliphatic heterocycles. The van der Waals surface area contributed by atoms with Crippen LogP contribution < -0.4 is 5.32 Å². The fourth-order valence-corrected chi connectivity index (χ4v) is 1.74. The molecular weight excluding hydrogens is 230 g/mol. The van der Waals surface area contributed by atoms with Crippen LogP contribution in [0.1, 0.15) is 13.8 Å². The van der Waals surface area contributed by atoms with Gasteiger partial charge in [0, 0.05) is 14.0 Å². The lowest BCUT2D eigenvalue weighted by atomic mass is 9.93. The molecule has 5 N–H and O–H groups in total. The van der Waals surface area contributed by atoms with Crippen LogP contribution in [0.15, 0.2) is 0 Å². The second-order valence-electron chi connectivity index (χ2n) is 3.77. The zero-order valence-corrected chi connectivity index (χ0v) is 10.2. The van der Waals surface area contributed by atoms with E-state index in [1.54, 1.807) is 6.92 Å². The van der Waals surface area contributed by atoms with Gasteiger partial charge in [-0.25, -0.2) is 0 Å². The molecule has 0 aromatic rings. The Hall–Kier alpha value is -0.730. The lowest BCUT2D eigenvalue weighted by Crippen LogP contribution is -2.63. The van der Waals surface area contributed by atoms with Crippen LogP contribution in [-0.2, 0) is 9.53 Å². The standard InChI is InChI=1S/C9H17NO5.CH4O/c1-4-7(10-5(2)12)9(14)8(13)6(3-11)15-4;1-2/h4,6-9,11,13-14H,3H2,1-2H3,(H,10,12);2H,1H3/t4?,6-,7+,8+,9-;/m1./s1. The number of nitrogens with one attached hydrogen (secondary N) is 1. The van der Waals surface area contributed by atoms with Gasteiger partial charge in [0.2, 0.25) is 5.91 Å². The van der Waals surface area contributed by atoms with Crippen molar-refractivity contribution >= 4 is 5.91 Å². The highest BCUT2D eigenvalue weighted by Crippen LogP contribution is 2.20. The Morgan fingerprint density at radius 2 is 1.82 bits per heavy atom. The number of amides is 1. The Balaban J connectivity index is 0.00000121. The van der Waals surface area contributed by atoms with Gasteiger partial charge in [-0.1, -0.05) is 0 Å². The first kappa shape index (κ1) is 16.3. The second kappa shape index (κ2) is 7.57. The number of carbonyl (C=O) groups is 1. The van der Waals surface area contributed by atoms with E-state index in [0.29, 0.717) is 0 Å². The maximum Gasteiger partial charge on any atom is 0.217 e. The van der Waals surface area contributed by atoms with Gasteiger partial charge in [0.1, 0.15) is 18.3 Å². The number of hydrogen-bond donors (Lipinski definition) is 5. The topological polar surface area (TPSA) is 119 Å². The first-order valence-electron chi connectivity index (χ1n) is 5.31. The van der Waals surface area contributed by atoms with Crippen LogP contribution in [0.3, 0.4) is 0 Å². The van der Waals surface area contributed by atoms with Crippen LogP contribution in [0.4, 0.5) is 0 Å². The molecule has 0 aromatic heterocycles. The molecule has 7 nitrogen and oxygen atoms in total. The van der Waals surface area contributed by atoms with Crippen molar-refractivity contribution in [3.63, 3.8) is 0 Å². The summed E-state index contributed by atoms with van der Waals surface area (Å²) in [4.78, 5) is 10.9. The van der Waals surface area contributed by atoms with E-state index in [-0.39, 0.29) is 12.5 Å². The number of carbonyl (C=O) groups excluding carboxylic acids is 1. The Bertz CT molecular complexity index is 237.